The van der Waals surface area contributed by atoms with Gasteiger partial charge in [0.1, 0.15) is 12.3 Å². The van der Waals surface area contributed by atoms with E-state index in [1.165, 1.54) is 10.4 Å². The summed E-state index contributed by atoms with van der Waals surface area (Å²) in [6.07, 6.45) is 1.79. The van der Waals surface area contributed by atoms with Gasteiger partial charge in [-0.05, 0) is 30.9 Å². The number of thiophene rings is 1. The van der Waals surface area contributed by atoms with Gasteiger partial charge in [0.15, 0.2) is 5.96 Å². The lowest BCUT2D eigenvalue weighted by Crippen LogP contribution is -2.36. The lowest BCUT2D eigenvalue weighted by Gasteiger charge is -2.13. The highest BCUT2D eigenvalue weighted by atomic mass is 32.1. The molecule has 5 nitrogen and oxygen atoms in total. The van der Waals surface area contributed by atoms with E-state index in [2.05, 4.69) is 66.7 Å². The molecule has 0 radical (unpaired) electrons. The smallest absolute Gasteiger partial charge is 0.216 e. The summed E-state index contributed by atoms with van der Waals surface area (Å²) in [4.78, 5) is 10.2. The van der Waals surface area contributed by atoms with Crippen LogP contribution < -0.4 is 10.6 Å². The number of nitrogens with zero attached hydrogens (tertiary/aromatic N) is 2. The second-order valence-corrected chi connectivity index (χ2v) is 7.44. The van der Waals surface area contributed by atoms with Crippen LogP contribution in [0.5, 0.6) is 0 Å². The number of hydrogen-bond acceptors (Lipinski definition) is 4. The van der Waals surface area contributed by atoms with Gasteiger partial charge in [-0.2, -0.15) is 0 Å². The molecule has 0 fully saturated rings. The van der Waals surface area contributed by atoms with E-state index in [9.17, 15) is 0 Å². The Hall–Kier alpha value is -1.82. The Bertz CT molecular complexity index is 652. The molecule has 2 rings (SSSR count). The molecule has 0 saturated carbocycles. The number of guanidine groups is 1. The van der Waals surface area contributed by atoms with E-state index in [1.54, 1.807) is 17.5 Å². The minimum absolute atomic E-state index is 0.0333. The van der Waals surface area contributed by atoms with Crippen LogP contribution >= 0.6 is 11.3 Å². The standard InChI is InChI=1S/C17H26N4OS/c1-6-18-16(20-9-13-12(2)7-8-23-13)21-11-15-19-10-14(22-15)17(3,4)5/h7-8,10H,6,9,11H2,1-5H3,(H2,18,20,21). The number of nitrogens with one attached hydrogen (secondary N) is 2. The van der Waals surface area contributed by atoms with Crippen molar-refractivity contribution >= 4 is 17.3 Å². The van der Waals surface area contributed by atoms with Crippen LogP contribution in [-0.2, 0) is 18.5 Å². The van der Waals surface area contributed by atoms with Crippen LogP contribution in [0, 0.1) is 6.92 Å². The zero-order valence-corrected chi connectivity index (χ0v) is 15.4. The summed E-state index contributed by atoms with van der Waals surface area (Å²) >= 11 is 1.75. The Morgan fingerprint density at radius 1 is 1.35 bits per heavy atom. The molecule has 0 aliphatic rings. The Morgan fingerprint density at radius 2 is 2.13 bits per heavy atom. The van der Waals surface area contributed by atoms with Gasteiger partial charge >= 0.3 is 0 Å². The van der Waals surface area contributed by atoms with E-state index in [4.69, 9.17) is 4.42 Å². The van der Waals surface area contributed by atoms with Crippen LogP contribution in [-0.4, -0.2) is 17.5 Å². The summed E-state index contributed by atoms with van der Waals surface area (Å²) in [5, 5.41) is 8.71. The second-order valence-electron chi connectivity index (χ2n) is 6.44. The van der Waals surface area contributed by atoms with Gasteiger partial charge in [0.25, 0.3) is 0 Å². The van der Waals surface area contributed by atoms with Gasteiger partial charge in [0.2, 0.25) is 5.89 Å². The van der Waals surface area contributed by atoms with Crippen molar-refractivity contribution < 1.29 is 4.42 Å². The first-order valence-electron chi connectivity index (χ1n) is 7.90. The highest BCUT2D eigenvalue weighted by Gasteiger charge is 2.19. The number of aryl methyl sites for hydroxylation is 1. The van der Waals surface area contributed by atoms with E-state index >= 15 is 0 Å². The molecular formula is C17H26N4OS. The average molecular weight is 334 g/mol. The quantitative estimate of drug-likeness (QED) is 0.648. The normalized spacial score (nSPS) is 12.5. The van der Waals surface area contributed by atoms with Crippen LogP contribution in [0.2, 0.25) is 0 Å². The van der Waals surface area contributed by atoms with Gasteiger partial charge in [-0.25, -0.2) is 9.98 Å². The maximum Gasteiger partial charge on any atom is 0.216 e. The summed E-state index contributed by atoms with van der Waals surface area (Å²) in [6.45, 7) is 12.5. The SMILES string of the molecule is CCNC(=NCc1ncc(C(C)(C)C)o1)NCc1sccc1C. The van der Waals surface area contributed by atoms with Crippen LogP contribution in [0.15, 0.2) is 27.1 Å². The molecule has 6 heteroatoms. The molecule has 0 amide bonds. The highest BCUT2D eigenvalue weighted by molar-refractivity contribution is 7.10. The zero-order chi connectivity index (χ0) is 16.9. The summed E-state index contributed by atoms with van der Waals surface area (Å²) in [5.74, 6) is 2.30. The number of aromatic nitrogens is 1. The van der Waals surface area contributed by atoms with E-state index in [0.29, 0.717) is 12.4 Å². The molecule has 126 valence electrons. The van der Waals surface area contributed by atoms with Crippen molar-refractivity contribution in [2.45, 2.75) is 53.1 Å². The fraction of sp³-hybridized carbons (Fsp3) is 0.529. The maximum absolute atomic E-state index is 5.77. The van der Waals surface area contributed by atoms with E-state index in [0.717, 1.165) is 24.8 Å². The third kappa shape index (κ3) is 5.10. The molecule has 2 aromatic rings. The molecule has 0 aliphatic carbocycles. The first-order valence-corrected chi connectivity index (χ1v) is 8.78. The van der Waals surface area contributed by atoms with E-state index in [-0.39, 0.29) is 5.41 Å². The first kappa shape index (κ1) is 17.5. The third-order valence-corrected chi connectivity index (χ3v) is 4.42. The summed E-state index contributed by atoms with van der Waals surface area (Å²) in [5.41, 5.74) is 1.27. The van der Waals surface area contributed by atoms with Crippen LogP contribution in [0.3, 0.4) is 0 Å². The number of oxazole rings is 1. The van der Waals surface area contributed by atoms with Crippen molar-refractivity contribution in [3.63, 3.8) is 0 Å². The predicted molar refractivity (Wildman–Crippen MR) is 95.9 cm³/mol. The van der Waals surface area contributed by atoms with Crippen molar-refractivity contribution in [3.8, 4) is 0 Å². The van der Waals surface area contributed by atoms with Crippen molar-refractivity contribution in [3.05, 3.63) is 39.7 Å². The number of hydrogen-bond donors (Lipinski definition) is 2. The molecule has 0 atom stereocenters. The molecule has 0 aliphatic heterocycles. The van der Waals surface area contributed by atoms with Gasteiger partial charge < -0.3 is 15.1 Å². The van der Waals surface area contributed by atoms with Crippen LogP contribution in [0.4, 0.5) is 0 Å². The lowest BCUT2D eigenvalue weighted by molar-refractivity contribution is 0.383. The first-order chi connectivity index (χ1) is 10.9. The Kier molecular flexibility index (Phi) is 5.82. The molecule has 0 bridgehead atoms. The van der Waals surface area contributed by atoms with Crippen molar-refractivity contribution in [2.24, 2.45) is 4.99 Å². The molecule has 2 aromatic heterocycles. The van der Waals surface area contributed by atoms with Gasteiger partial charge in [0.05, 0.1) is 12.7 Å². The molecule has 0 unspecified atom stereocenters. The second kappa shape index (κ2) is 7.64. The topological polar surface area (TPSA) is 62.5 Å². The largest absolute Gasteiger partial charge is 0.443 e. The molecule has 0 saturated heterocycles. The Morgan fingerprint density at radius 3 is 2.70 bits per heavy atom. The molecular weight excluding hydrogens is 308 g/mol. The van der Waals surface area contributed by atoms with Crippen molar-refractivity contribution in [2.75, 3.05) is 6.54 Å². The third-order valence-electron chi connectivity index (χ3n) is 3.39. The molecule has 0 spiro atoms. The van der Waals surface area contributed by atoms with Crippen LogP contribution in [0.1, 0.15) is 49.8 Å². The Labute approximate surface area is 142 Å². The fourth-order valence-corrected chi connectivity index (χ4v) is 2.81. The average Bonchev–Trinajstić information content (AvgIpc) is 3.10. The predicted octanol–water partition coefficient (Wildman–Crippen LogP) is 3.60. The lowest BCUT2D eigenvalue weighted by atomic mass is 9.94. The van der Waals surface area contributed by atoms with Gasteiger partial charge in [-0.1, -0.05) is 20.8 Å². The van der Waals surface area contributed by atoms with Gasteiger partial charge in [-0.3, -0.25) is 0 Å². The van der Waals surface area contributed by atoms with Gasteiger partial charge in [-0.15, -0.1) is 11.3 Å². The summed E-state index contributed by atoms with van der Waals surface area (Å²) < 4.78 is 5.77. The monoisotopic (exact) mass is 334 g/mol. The molecule has 0 aromatic carbocycles. The minimum Gasteiger partial charge on any atom is -0.443 e. The molecule has 2 N–H and O–H groups in total. The minimum atomic E-state index is -0.0333. The summed E-state index contributed by atoms with van der Waals surface area (Å²) in [6, 6.07) is 2.13. The molecule has 23 heavy (non-hydrogen) atoms. The number of aliphatic imine (C=N–C) groups is 1. The maximum atomic E-state index is 5.77. The van der Waals surface area contributed by atoms with Crippen molar-refractivity contribution in [1.82, 2.24) is 15.6 Å². The zero-order valence-electron chi connectivity index (χ0n) is 14.6. The van der Waals surface area contributed by atoms with Gasteiger partial charge in [0, 0.05) is 16.8 Å². The summed E-state index contributed by atoms with van der Waals surface area (Å²) in [7, 11) is 0. The van der Waals surface area contributed by atoms with Crippen LogP contribution in [0.25, 0.3) is 0 Å². The highest BCUT2D eigenvalue weighted by Crippen LogP contribution is 2.22. The van der Waals surface area contributed by atoms with E-state index < -0.39 is 0 Å². The number of rotatable bonds is 5. The molecule has 2 heterocycles. The van der Waals surface area contributed by atoms with E-state index in [1.807, 2.05) is 0 Å². The van der Waals surface area contributed by atoms with Crippen molar-refractivity contribution in [1.29, 1.82) is 0 Å². The Balaban J connectivity index is 1.98. The fourth-order valence-electron chi connectivity index (χ4n) is 1.97.